The second-order valence-electron chi connectivity index (χ2n) is 4.78. The van der Waals surface area contributed by atoms with Gasteiger partial charge < -0.3 is 14.6 Å². The van der Waals surface area contributed by atoms with Crippen LogP contribution in [0.15, 0.2) is 23.7 Å². The maximum Gasteiger partial charge on any atom is 0.352 e. The van der Waals surface area contributed by atoms with Crippen molar-refractivity contribution in [2.24, 2.45) is 0 Å². The van der Waals surface area contributed by atoms with Gasteiger partial charge in [0, 0.05) is 30.7 Å². The molecule has 7 heteroatoms. The number of carboxylic acids is 1. The van der Waals surface area contributed by atoms with E-state index >= 15 is 0 Å². The molecule has 1 aliphatic rings. The molecule has 3 rings (SSSR count). The fourth-order valence-electron chi connectivity index (χ4n) is 2.62. The quantitative estimate of drug-likeness (QED) is 0.946. The number of thiazole rings is 1. The number of aromatic nitrogens is 2. The molecule has 1 N–H and O–H groups in total. The van der Waals surface area contributed by atoms with Crippen LogP contribution in [0.1, 0.15) is 29.4 Å². The van der Waals surface area contributed by atoms with Crippen molar-refractivity contribution in [3.63, 3.8) is 0 Å². The molecule has 0 aromatic carbocycles. The lowest BCUT2D eigenvalue weighted by Gasteiger charge is -2.33. The summed E-state index contributed by atoms with van der Waals surface area (Å²) in [6.45, 7) is 1.73. The Bertz CT molecular complexity index is 617. The first kappa shape index (κ1) is 13.5. The third kappa shape index (κ3) is 2.53. The Labute approximate surface area is 125 Å². The van der Waals surface area contributed by atoms with E-state index in [1.165, 1.54) is 0 Å². The van der Waals surface area contributed by atoms with Gasteiger partial charge in [-0.05, 0) is 25.0 Å². The fraction of sp³-hybridized carbons (Fsp3) is 0.385. The molecular formula is C13H14ClN3O2S. The monoisotopic (exact) mass is 311 g/mol. The number of hydrogen-bond acceptors (Lipinski definition) is 4. The normalized spacial score (nSPS) is 16.6. The fourth-order valence-corrected chi connectivity index (χ4v) is 3.62. The highest BCUT2D eigenvalue weighted by molar-refractivity contribution is 7.14. The van der Waals surface area contributed by atoms with Crippen LogP contribution in [0.2, 0.25) is 5.15 Å². The molecule has 5 nitrogen and oxygen atoms in total. The summed E-state index contributed by atoms with van der Waals surface area (Å²) in [7, 11) is 0. The van der Waals surface area contributed by atoms with E-state index in [9.17, 15) is 4.79 Å². The van der Waals surface area contributed by atoms with E-state index in [2.05, 4.69) is 9.88 Å². The highest BCUT2D eigenvalue weighted by atomic mass is 35.5. The zero-order valence-electron chi connectivity index (χ0n) is 10.7. The van der Waals surface area contributed by atoms with Crippen molar-refractivity contribution in [1.82, 2.24) is 9.55 Å². The minimum atomic E-state index is -0.871. The number of nitrogens with zero attached hydrogens (tertiary/aromatic N) is 3. The minimum Gasteiger partial charge on any atom is -0.477 e. The van der Waals surface area contributed by atoms with Crippen molar-refractivity contribution in [2.75, 3.05) is 18.0 Å². The molecule has 106 valence electrons. The summed E-state index contributed by atoms with van der Waals surface area (Å²) < 4.78 is 1.87. The number of carbonyl (C=O) groups is 1. The van der Waals surface area contributed by atoms with Crippen LogP contribution in [-0.2, 0) is 0 Å². The van der Waals surface area contributed by atoms with E-state index in [0.717, 1.165) is 31.1 Å². The Morgan fingerprint density at radius 1 is 1.45 bits per heavy atom. The Morgan fingerprint density at radius 3 is 2.80 bits per heavy atom. The molecule has 1 aliphatic heterocycles. The molecule has 2 aromatic heterocycles. The Morgan fingerprint density at radius 2 is 2.20 bits per heavy atom. The van der Waals surface area contributed by atoms with Crippen LogP contribution in [0.25, 0.3) is 0 Å². The summed E-state index contributed by atoms with van der Waals surface area (Å²) in [6.07, 6.45) is 3.67. The van der Waals surface area contributed by atoms with Crippen molar-refractivity contribution in [2.45, 2.75) is 18.9 Å². The summed E-state index contributed by atoms with van der Waals surface area (Å²) in [5.41, 5.74) is 0.362. The van der Waals surface area contributed by atoms with Crippen LogP contribution in [0.4, 0.5) is 5.13 Å². The van der Waals surface area contributed by atoms with Gasteiger partial charge in [-0.1, -0.05) is 11.6 Å². The second-order valence-corrected chi connectivity index (χ2v) is 6.00. The topological polar surface area (TPSA) is 58.4 Å². The predicted molar refractivity (Wildman–Crippen MR) is 79.0 cm³/mol. The predicted octanol–water partition coefficient (Wildman–Crippen LogP) is 3.14. The lowest BCUT2D eigenvalue weighted by Crippen LogP contribution is -2.35. The molecule has 0 spiro atoms. The molecule has 0 bridgehead atoms. The molecule has 0 aliphatic carbocycles. The molecule has 1 saturated heterocycles. The molecule has 20 heavy (non-hydrogen) atoms. The molecule has 2 aromatic rings. The van der Waals surface area contributed by atoms with Gasteiger partial charge in [0.05, 0.1) is 0 Å². The highest BCUT2D eigenvalue weighted by Gasteiger charge is 2.24. The summed E-state index contributed by atoms with van der Waals surface area (Å²) in [5, 5.41) is 12.5. The molecule has 0 saturated carbocycles. The van der Waals surface area contributed by atoms with Crippen molar-refractivity contribution >= 4 is 34.0 Å². The van der Waals surface area contributed by atoms with Crippen LogP contribution in [-0.4, -0.2) is 33.7 Å². The summed E-state index contributed by atoms with van der Waals surface area (Å²) in [4.78, 5) is 17.6. The maximum absolute atomic E-state index is 11.2. The molecule has 0 unspecified atom stereocenters. The second kappa shape index (κ2) is 5.46. The third-order valence-corrected chi connectivity index (χ3v) is 4.81. The maximum atomic E-state index is 11.2. The van der Waals surface area contributed by atoms with Gasteiger partial charge in [0.15, 0.2) is 5.13 Å². The van der Waals surface area contributed by atoms with Gasteiger partial charge in [-0.15, -0.1) is 11.3 Å². The summed E-state index contributed by atoms with van der Waals surface area (Å²) in [6, 6.07) is 3.67. The minimum absolute atomic E-state index is 0.239. The summed E-state index contributed by atoms with van der Waals surface area (Å²) >= 11 is 7.39. The first-order chi connectivity index (χ1) is 9.65. The van der Waals surface area contributed by atoms with Crippen molar-refractivity contribution < 1.29 is 9.90 Å². The Balaban J connectivity index is 1.69. The number of piperidine rings is 1. The average molecular weight is 312 g/mol. The van der Waals surface area contributed by atoms with Crippen molar-refractivity contribution in [1.29, 1.82) is 0 Å². The van der Waals surface area contributed by atoms with Gasteiger partial charge >= 0.3 is 5.97 Å². The lowest BCUT2D eigenvalue weighted by atomic mass is 10.1. The number of halogens is 1. The van der Waals surface area contributed by atoms with Gasteiger partial charge in [-0.3, -0.25) is 0 Å². The van der Waals surface area contributed by atoms with E-state index in [1.807, 2.05) is 16.1 Å². The Kier molecular flexibility index (Phi) is 3.67. The van der Waals surface area contributed by atoms with E-state index in [4.69, 9.17) is 16.7 Å². The van der Waals surface area contributed by atoms with Gasteiger partial charge in [0.25, 0.3) is 0 Å². The number of anilines is 1. The standard InChI is InChI=1S/C13H14ClN3O2S/c14-11-8-20-13(15-11)16-6-3-9(4-7-16)17-5-1-2-10(17)12(18)19/h1-2,5,8-9H,3-4,6-7H2,(H,18,19). The van der Waals surface area contributed by atoms with Crippen LogP contribution in [0.5, 0.6) is 0 Å². The van der Waals surface area contributed by atoms with Crippen LogP contribution < -0.4 is 4.90 Å². The first-order valence-electron chi connectivity index (χ1n) is 6.41. The van der Waals surface area contributed by atoms with Crippen LogP contribution in [0, 0.1) is 0 Å². The van der Waals surface area contributed by atoms with Crippen LogP contribution in [0.3, 0.4) is 0 Å². The molecule has 0 radical (unpaired) electrons. The van der Waals surface area contributed by atoms with Crippen molar-refractivity contribution in [3.05, 3.63) is 34.6 Å². The number of rotatable bonds is 3. The largest absolute Gasteiger partial charge is 0.477 e. The van der Waals surface area contributed by atoms with Gasteiger partial charge in [-0.2, -0.15) is 0 Å². The highest BCUT2D eigenvalue weighted by Crippen LogP contribution is 2.30. The smallest absolute Gasteiger partial charge is 0.352 e. The van der Waals surface area contributed by atoms with Gasteiger partial charge in [-0.25, -0.2) is 9.78 Å². The third-order valence-electron chi connectivity index (χ3n) is 3.59. The first-order valence-corrected chi connectivity index (χ1v) is 7.67. The van der Waals surface area contributed by atoms with Crippen LogP contribution >= 0.6 is 22.9 Å². The molecule has 3 heterocycles. The van der Waals surface area contributed by atoms with E-state index in [1.54, 1.807) is 23.5 Å². The molecule has 1 fully saturated rings. The van der Waals surface area contributed by atoms with Gasteiger partial charge in [0.2, 0.25) is 0 Å². The zero-order chi connectivity index (χ0) is 14.1. The number of aromatic carboxylic acids is 1. The molecule has 0 atom stereocenters. The number of carboxylic acid groups (broad SMARTS) is 1. The van der Waals surface area contributed by atoms with Crippen molar-refractivity contribution in [3.8, 4) is 0 Å². The van der Waals surface area contributed by atoms with E-state index < -0.39 is 5.97 Å². The molecule has 0 amide bonds. The molecular weight excluding hydrogens is 298 g/mol. The lowest BCUT2D eigenvalue weighted by molar-refractivity contribution is 0.0681. The van der Waals surface area contributed by atoms with E-state index in [-0.39, 0.29) is 6.04 Å². The summed E-state index contributed by atoms with van der Waals surface area (Å²) in [5.74, 6) is -0.871. The zero-order valence-corrected chi connectivity index (χ0v) is 12.3. The SMILES string of the molecule is O=C(O)c1cccn1C1CCN(c2nc(Cl)cs2)CC1. The van der Waals surface area contributed by atoms with E-state index in [0.29, 0.717) is 10.8 Å². The Hall–Kier alpha value is -1.53. The van der Waals surface area contributed by atoms with Gasteiger partial charge in [0.1, 0.15) is 10.8 Å². The average Bonchev–Trinajstić information content (AvgIpc) is 3.07. The number of hydrogen-bond donors (Lipinski definition) is 1.